The van der Waals surface area contributed by atoms with E-state index in [9.17, 15) is 10.0 Å². The minimum Gasteiger partial charge on any atom is -0.497 e. The van der Waals surface area contributed by atoms with Crippen LogP contribution in [0.2, 0.25) is 5.02 Å². The van der Waals surface area contributed by atoms with Crippen molar-refractivity contribution in [2.75, 3.05) is 7.11 Å². The molecule has 0 saturated heterocycles. The summed E-state index contributed by atoms with van der Waals surface area (Å²) in [7, 11) is 1.53. The summed E-state index contributed by atoms with van der Waals surface area (Å²) in [5, 5.41) is 10.3. The highest BCUT2D eigenvalue weighted by Crippen LogP contribution is 2.25. The quantitative estimate of drug-likeness (QED) is 0.755. The van der Waals surface area contributed by atoms with Gasteiger partial charge in [0.15, 0.2) is 0 Å². The Morgan fingerprint density at radius 2 is 2.13 bits per heavy atom. The van der Waals surface area contributed by atoms with Crippen LogP contribution >= 0.6 is 11.6 Å². The van der Waals surface area contributed by atoms with Crippen LogP contribution in [0.3, 0.4) is 0 Å². The number of hydrogen-bond donors (Lipinski definition) is 1. The molecule has 1 heterocycles. The molecule has 2 aromatic rings. The van der Waals surface area contributed by atoms with E-state index in [2.05, 4.69) is 0 Å². The summed E-state index contributed by atoms with van der Waals surface area (Å²) in [5.41, 5.74) is -0.203. The number of aromatic nitrogens is 1. The zero-order chi connectivity index (χ0) is 11.0. The smallest absolute Gasteiger partial charge is 0.284 e. The second-order valence-corrected chi connectivity index (χ2v) is 3.43. The summed E-state index contributed by atoms with van der Waals surface area (Å²) in [6, 6.07) is 6.03. The van der Waals surface area contributed by atoms with E-state index >= 15 is 0 Å². The largest absolute Gasteiger partial charge is 0.497 e. The first kappa shape index (κ1) is 9.86. The molecule has 5 heteroatoms. The summed E-state index contributed by atoms with van der Waals surface area (Å²) >= 11 is 5.88. The van der Waals surface area contributed by atoms with Crippen LogP contribution in [0.4, 0.5) is 0 Å². The van der Waals surface area contributed by atoms with E-state index in [1.165, 1.54) is 7.11 Å². The average Bonchev–Trinajstić information content (AvgIpc) is 2.25. The number of benzene rings is 1. The highest BCUT2D eigenvalue weighted by Gasteiger charge is 2.07. The minimum absolute atomic E-state index is 0.291. The van der Waals surface area contributed by atoms with Gasteiger partial charge in [-0.3, -0.25) is 4.79 Å². The van der Waals surface area contributed by atoms with Crippen molar-refractivity contribution in [2.24, 2.45) is 0 Å². The van der Waals surface area contributed by atoms with Gasteiger partial charge in [0.05, 0.1) is 17.6 Å². The number of rotatable bonds is 1. The Bertz CT molecular complexity index is 577. The van der Waals surface area contributed by atoms with E-state index < -0.39 is 5.56 Å². The number of halogens is 1. The van der Waals surface area contributed by atoms with Gasteiger partial charge < -0.3 is 9.94 Å². The Morgan fingerprint density at radius 1 is 1.40 bits per heavy atom. The van der Waals surface area contributed by atoms with Crippen molar-refractivity contribution in [3.05, 3.63) is 39.6 Å². The number of fused-ring (bicyclic) bond motifs is 1. The van der Waals surface area contributed by atoms with Gasteiger partial charge in [-0.25, -0.2) is 0 Å². The summed E-state index contributed by atoms with van der Waals surface area (Å²) in [6.45, 7) is 0. The first-order chi connectivity index (χ1) is 7.13. The minimum atomic E-state index is -0.558. The fourth-order valence-electron chi connectivity index (χ4n) is 1.38. The molecule has 0 bridgehead atoms. The number of methoxy groups -OCH3 is 1. The van der Waals surface area contributed by atoms with Crippen LogP contribution in [0.1, 0.15) is 0 Å². The first-order valence-electron chi connectivity index (χ1n) is 4.22. The molecule has 0 spiro atoms. The predicted octanol–water partition coefficient (Wildman–Crippen LogP) is 1.90. The fourth-order valence-corrected chi connectivity index (χ4v) is 1.63. The zero-order valence-electron chi connectivity index (χ0n) is 7.90. The molecule has 4 nitrogen and oxygen atoms in total. The third kappa shape index (κ3) is 1.53. The molecular weight excluding hydrogens is 218 g/mol. The van der Waals surface area contributed by atoms with E-state index in [1.807, 2.05) is 0 Å². The standard InChI is InChI=1S/C10H8ClNO3/c1-15-6-2-3-9-7(4-6)8(11)5-10(13)12(9)14/h2-5,14H,1H3. The lowest BCUT2D eigenvalue weighted by molar-refractivity contribution is 0.188. The van der Waals surface area contributed by atoms with Crippen molar-refractivity contribution in [2.45, 2.75) is 0 Å². The maximum atomic E-state index is 11.2. The van der Waals surface area contributed by atoms with Crippen molar-refractivity contribution in [3.63, 3.8) is 0 Å². The normalized spacial score (nSPS) is 10.5. The van der Waals surface area contributed by atoms with Gasteiger partial charge in [0.25, 0.3) is 5.56 Å². The SMILES string of the molecule is COc1ccc2c(c1)c(Cl)cc(=O)n2O. The molecule has 0 fully saturated rings. The van der Waals surface area contributed by atoms with E-state index in [0.29, 0.717) is 26.4 Å². The van der Waals surface area contributed by atoms with Gasteiger partial charge in [-0.1, -0.05) is 11.6 Å². The summed E-state index contributed by atoms with van der Waals surface area (Å²) in [5.74, 6) is 0.614. The number of nitrogens with zero attached hydrogens (tertiary/aromatic N) is 1. The molecule has 0 aliphatic carbocycles. The van der Waals surface area contributed by atoms with Crippen LogP contribution in [0.5, 0.6) is 5.75 Å². The van der Waals surface area contributed by atoms with Gasteiger partial charge in [0.2, 0.25) is 0 Å². The molecule has 1 aromatic carbocycles. The van der Waals surface area contributed by atoms with E-state index in [-0.39, 0.29) is 0 Å². The molecule has 78 valence electrons. The van der Waals surface area contributed by atoms with E-state index in [0.717, 1.165) is 6.07 Å². The molecule has 0 aliphatic heterocycles. The average molecular weight is 226 g/mol. The van der Waals surface area contributed by atoms with Crippen LogP contribution in [-0.2, 0) is 0 Å². The van der Waals surface area contributed by atoms with Crippen LogP contribution in [0, 0.1) is 0 Å². The second kappa shape index (κ2) is 3.47. The lowest BCUT2D eigenvalue weighted by Gasteiger charge is -2.06. The molecular formula is C10H8ClNO3. The number of pyridine rings is 1. The molecule has 2 rings (SSSR count). The van der Waals surface area contributed by atoms with Crippen LogP contribution in [-0.4, -0.2) is 17.0 Å². The summed E-state index contributed by atoms with van der Waals surface area (Å²) in [4.78, 5) is 11.2. The number of hydrogen-bond acceptors (Lipinski definition) is 3. The predicted molar refractivity (Wildman–Crippen MR) is 57.0 cm³/mol. The van der Waals surface area contributed by atoms with E-state index in [4.69, 9.17) is 16.3 Å². The summed E-state index contributed by atoms with van der Waals surface area (Å²) < 4.78 is 5.58. The molecule has 0 radical (unpaired) electrons. The zero-order valence-corrected chi connectivity index (χ0v) is 8.65. The Labute approximate surface area is 90.2 Å². The van der Waals surface area contributed by atoms with Crippen molar-refractivity contribution in [1.29, 1.82) is 0 Å². The van der Waals surface area contributed by atoms with Crippen molar-refractivity contribution in [1.82, 2.24) is 4.73 Å². The Morgan fingerprint density at radius 3 is 2.80 bits per heavy atom. The van der Waals surface area contributed by atoms with E-state index in [1.54, 1.807) is 18.2 Å². The molecule has 0 unspecified atom stereocenters. The molecule has 0 saturated carbocycles. The third-order valence-corrected chi connectivity index (χ3v) is 2.46. The molecule has 15 heavy (non-hydrogen) atoms. The van der Waals surface area contributed by atoms with Gasteiger partial charge in [-0.15, -0.1) is 4.73 Å². The molecule has 1 N–H and O–H groups in total. The Balaban J connectivity index is 2.90. The molecule has 0 atom stereocenters. The molecule has 1 aromatic heterocycles. The van der Waals surface area contributed by atoms with Gasteiger partial charge in [0, 0.05) is 11.5 Å². The maximum absolute atomic E-state index is 11.2. The number of ether oxygens (including phenoxy) is 1. The second-order valence-electron chi connectivity index (χ2n) is 3.03. The van der Waals surface area contributed by atoms with Gasteiger partial charge in [-0.2, -0.15) is 0 Å². The highest BCUT2D eigenvalue weighted by molar-refractivity contribution is 6.35. The highest BCUT2D eigenvalue weighted by atomic mass is 35.5. The van der Waals surface area contributed by atoms with Gasteiger partial charge >= 0.3 is 0 Å². The van der Waals surface area contributed by atoms with Crippen LogP contribution in [0.15, 0.2) is 29.1 Å². The summed E-state index contributed by atoms with van der Waals surface area (Å²) in [6.07, 6.45) is 0. The van der Waals surface area contributed by atoms with Gasteiger partial charge in [-0.05, 0) is 18.2 Å². The fraction of sp³-hybridized carbons (Fsp3) is 0.100. The lowest BCUT2D eigenvalue weighted by Crippen LogP contribution is -2.16. The first-order valence-corrected chi connectivity index (χ1v) is 4.60. The van der Waals surface area contributed by atoms with Gasteiger partial charge in [0.1, 0.15) is 5.75 Å². The third-order valence-electron chi connectivity index (χ3n) is 2.15. The van der Waals surface area contributed by atoms with Crippen LogP contribution < -0.4 is 10.3 Å². The maximum Gasteiger partial charge on any atom is 0.284 e. The molecule has 0 amide bonds. The Kier molecular flexibility index (Phi) is 2.28. The monoisotopic (exact) mass is 225 g/mol. The Hall–Kier alpha value is -1.68. The van der Waals surface area contributed by atoms with Crippen molar-refractivity contribution >= 4 is 22.5 Å². The lowest BCUT2D eigenvalue weighted by atomic mass is 10.2. The van der Waals surface area contributed by atoms with Crippen molar-refractivity contribution < 1.29 is 9.94 Å². The van der Waals surface area contributed by atoms with Crippen LogP contribution in [0.25, 0.3) is 10.9 Å². The topological polar surface area (TPSA) is 51.5 Å². The van der Waals surface area contributed by atoms with Crippen molar-refractivity contribution in [3.8, 4) is 5.75 Å². The molecule has 0 aliphatic rings.